The molecule has 1 N–H and O–H groups in total. The quantitative estimate of drug-likeness (QED) is 0.903. The van der Waals surface area contributed by atoms with Crippen LogP contribution in [0.5, 0.6) is 0 Å². The average Bonchev–Trinajstić information content (AvgIpc) is 3.18. The van der Waals surface area contributed by atoms with Gasteiger partial charge in [-0.1, -0.05) is 13.8 Å². The molecule has 1 saturated carbocycles. The molecule has 3 rings (SSSR count). The molecule has 112 valence electrons. The zero-order valence-corrected chi connectivity index (χ0v) is 13.7. The number of rotatable bonds is 5. The van der Waals surface area contributed by atoms with Crippen LogP contribution in [0.3, 0.4) is 0 Å². The zero-order valence-electron chi connectivity index (χ0n) is 12.9. The fraction of sp³-hybridized carbons (Fsp3) is 0.800. The van der Waals surface area contributed by atoms with Crippen LogP contribution in [0.1, 0.15) is 43.2 Å². The van der Waals surface area contributed by atoms with Crippen LogP contribution in [0.15, 0.2) is 0 Å². The van der Waals surface area contributed by atoms with E-state index in [9.17, 15) is 0 Å². The number of piperazine rings is 1. The number of nitrogens with zero attached hydrogens (tertiary/aromatic N) is 3. The van der Waals surface area contributed by atoms with E-state index in [4.69, 9.17) is 4.98 Å². The van der Waals surface area contributed by atoms with Gasteiger partial charge in [0.15, 0.2) is 5.13 Å². The normalized spacial score (nSPS) is 20.9. The second kappa shape index (κ2) is 6.00. The van der Waals surface area contributed by atoms with Crippen molar-refractivity contribution >= 4 is 16.5 Å². The number of hydrogen-bond donors (Lipinski definition) is 1. The molecule has 1 saturated heterocycles. The van der Waals surface area contributed by atoms with Crippen LogP contribution < -0.4 is 10.2 Å². The molecule has 0 aromatic carbocycles. The van der Waals surface area contributed by atoms with E-state index in [-0.39, 0.29) is 0 Å². The van der Waals surface area contributed by atoms with Crippen LogP contribution in [0.4, 0.5) is 5.13 Å². The molecule has 0 amide bonds. The molecule has 20 heavy (non-hydrogen) atoms. The van der Waals surface area contributed by atoms with Gasteiger partial charge in [0.05, 0.1) is 5.69 Å². The van der Waals surface area contributed by atoms with Crippen molar-refractivity contribution < 1.29 is 0 Å². The van der Waals surface area contributed by atoms with E-state index in [1.807, 2.05) is 11.3 Å². The van der Waals surface area contributed by atoms with E-state index >= 15 is 0 Å². The Morgan fingerprint density at radius 2 is 1.95 bits per heavy atom. The summed E-state index contributed by atoms with van der Waals surface area (Å²) in [5.41, 5.74) is 1.39. The number of anilines is 1. The van der Waals surface area contributed by atoms with Gasteiger partial charge in [0.2, 0.25) is 0 Å². The SMILES string of the molecule is CC(C)NCc1sc(N2CCN(C)CC2)nc1C1CC1. The maximum atomic E-state index is 4.98. The molecular formula is C15H26N4S. The van der Waals surface area contributed by atoms with Crippen molar-refractivity contribution in [2.45, 2.75) is 45.2 Å². The third-order valence-electron chi connectivity index (χ3n) is 4.12. The summed E-state index contributed by atoms with van der Waals surface area (Å²) in [5, 5.41) is 4.80. The van der Waals surface area contributed by atoms with Gasteiger partial charge in [-0.3, -0.25) is 0 Å². The molecule has 0 bridgehead atoms. The zero-order chi connectivity index (χ0) is 14.1. The van der Waals surface area contributed by atoms with E-state index in [0.29, 0.717) is 6.04 Å². The molecule has 0 spiro atoms. The van der Waals surface area contributed by atoms with Gasteiger partial charge in [-0.2, -0.15) is 0 Å². The Kier molecular flexibility index (Phi) is 4.29. The minimum atomic E-state index is 0.538. The Bertz CT molecular complexity index is 445. The summed E-state index contributed by atoms with van der Waals surface area (Å²) in [4.78, 5) is 11.3. The molecule has 2 fully saturated rings. The van der Waals surface area contributed by atoms with Crippen molar-refractivity contribution in [2.75, 3.05) is 38.1 Å². The van der Waals surface area contributed by atoms with Gasteiger partial charge in [-0.25, -0.2) is 4.98 Å². The molecule has 1 aliphatic heterocycles. The monoisotopic (exact) mass is 294 g/mol. The van der Waals surface area contributed by atoms with Crippen molar-refractivity contribution in [1.82, 2.24) is 15.2 Å². The van der Waals surface area contributed by atoms with E-state index in [1.165, 1.54) is 28.5 Å². The molecule has 1 aromatic rings. The highest BCUT2D eigenvalue weighted by Gasteiger charge is 2.30. The Hall–Kier alpha value is -0.650. The number of likely N-dealkylation sites (N-methyl/N-ethyl adjacent to an activating group) is 1. The van der Waals surface area contributed by atoms with Gasteiger partial charge in [0.25, 0.3) is 0 Å². The Morgan fingerprint density at radius 1 is 1.25 bits per heavy atom. The lowest BCUT2D eigenvalue weighted by Crippen LogP contribution is -2.44. The highest BCUT2D eigenvalue weighted by Crippen LogP contribution is 2.44. The summed E-state index contributed by atoms with van der Waals surface area (Å²) >= 11 is 1.91. The summed E-state index contributed by atoms with van der Waals surface area (Å²) < 4.78 is 0. The maximum Gasteiger partial charge on any atom is 0.185 e. The van der Waals surface area contributed by atoms with Crippen LogP contribution in [0, 0.1) is 0 Å². The average molecular weight is 294 g/mol. The molecule has 0 atom stereocenters. The molecule has 0 radical (unpaired) electrons. The summed E-state index contributed by atoms with van der Waals surface area (Å²) in [5.74, 6) is 0.747. The summed E-state index contributed by atoms with van der Waals surface area (Å²) in [7, 11) is 2.20. The minimum absolute atomic E-state index is 0.538. The topological polar surface area (TPSA) is 31.4 Å². The first-order chi connectivity index (χ1) is 9.63. The van der Waals surface area contributed by atoms with Crippen LogP contribution in [-0.4, -0.2) is 49.2 Å². The Balaban J connectivity index is 1.73. The molecule has 4 nitrogen and oxygen atoms in total. The lowest BCUT2D eigenvalue weighted by molar-refractivity contribution is 0.312. The summed E-state index contributed by atoms with van der Waals surface area (Å²) in [6, 6.07) is 0.538. The maximum absolute atomic E-state index is 4.98. The van der Waals surface area contributed by atoms with Crippen molar-refractivity contribution in [3.8, 4) is 0 Å². The molecule has 5 heteroatoms. The predicted octanol–water partition coefficient (Wildman–Crippen LogP) is 2.27. The van der Waals surface area contributed by atoms with Crippen molar-refractivity contribution in [3.63, 3.8) is 0 Å². The van der Waals surface area contributed by atoms with E-state index in [0.717, 1.165) is 38.6 Å². The third kappa shape index (κ3) is 3.32. The van der Waals surface area contributed by atoms with Gasteiger partial charge in [-0.15, -0.1) is 11.3 Å². The van der Waals surface area contributed by atoms with Gasteiger partial charge in [-0.05, 0) is 19.9 Å². The highest BCUT2D eigenvalue weighted by molar-refractivity contribution is 7.15. The third-order valence-corrected chi connectivity index (χ3v) is 5.26. The van der Waals surface area contributed by atoms with Crippen molar-refractivity contribution in [2.24, 2.45) is 0 Å². The molecular weight excluding hydrogens is 268 g/mol. The van der Waals surface area contributed by atoms with E-state index < -0.39 is 0 Å². The first-order valence-corrected chi connectivity index (χ1v) is 8.61. The Labute approximate surface area is 126 Å². The van der Waals surface area contributed by atoms with Crippen LogP contribution in [0.2, 0.25) is 0 Å². The lowest BCUT2D eigenvalue weighted by Gasteiger charge is -2.32. The minimum Gasteiger partial charge on any atom is -0.346 e. The molecule has 2 aliphatic rings. The fourth-order valence-electron chi connectivity index (χ4n) is 2.58. The molecule has 1 aliphatic carbocycles. The van der Waals surface area contributed by atoms with Gasteiger partial charge >= 0.3 is 0 Å². The standard InChI is InChI=1S/C15H26N4S/c1-11(2)16-10-13-14(12-4-5-12)17-15(20-13)19-8-6-18(3)7-9-19/h11-12,16H,4-10H2,1-3H3. The first kappa shape index (κ1) is 14.3. The van der Waals surface area contributed by atoms with Gasteiger partial charge < -0.3 is 15.1 Å². The molecule has 1 aromatic heterocycles. The van der Waals surface area contributed by atoms with Gasteiger partial charge in [0.1, 0.15) is 0 Å². The van der Waals surface area contributed by atoms with Crippen molar-refractivity contribution in [3.05, 3.63) is 10.6 Å². The Morgan fingerprint density at radius 3 is 2.55 bits per heavy atom. The molecule has 2 heterocycles. The summed E-state index contributed by atoms with van der Waals surface area (Å²) in [6.07, 6.45) is 2.67. The predicted molar refractivity (Wildman–Crippen MR) is 85.8 cm³/mol. The van der Waals surface area contributed by atoms with E-state index in [1.54, 1.807) is 0 Å². The van der Waals surface area contributed by atoms with Crippen LogP contribution >= 0.6 is 11.3 Å². The fourth-order valence-corrected chi connectivity index (χ4v) is 3.73. The van der Waals surface area contributed by atoms with Gasteiger partial charge in [0, 0.05) is 49.6 Å². The van der Waals surface area contributed by atoms with Crippen molar-refractivity contribution in [1.29, 1.82) is 0 Å². The van der Waals surface area contributed by atoms with E-state index in [2.05, 4.69) is 36.0 Å². The van der Waals surface area contributed by atoms with Crippen LogP contribution in [0.25, 0.3) is 0 Å². The number of thiazole rings is 1. The highest BCUT2D eigenvalue weighted by atomic mass is 32.1. The second-order valence-electron chi connectivity index (χ2n) is 6.41. The lowest BCUT2D eigenvalue weighted by atomic mass is 10.2. The second-order valence-corrected chi connectivity index (χ2v) is 7.47. The largest absolute Gasteiger partial charge is 0.346 e. The number of nitrogens with one attached hydrogen (secondary N) is 1. The number of aromatic nitrogens is 1. The smallest absolute Gasteiger partial charge is 0.185 e. The number of hydrogen-bond acceptors (Lipinski definition) is 5. The van der Waals surface area contributed by atoms with Crippen LogP contribution in [-0.2, 0) is 6.54 Å². The molecule has 0 unspecified atom stereocenters. The first-order valence-electron chi connectivity index (χ1n) is 7.80. The summed E-state index contributed by atoms with van der Waals surface area (Å²) in [6.45, 7) is 9.93.